The molecular weight excluding hydrogens is 257 g/mol. The molecule has 1 saturated carbocycles. The van der Waals surface area contributed by atoms with Gasteiger partial charge >= 0.3 is 0 Å². The summed E-state index contributed by atoms with van der Waals surface area (Å²) in [5, 5.41) is 9.88. The molecule has 0 amide bonds. The molecule has 112 valence electrons. The van der Waals surface area contributed by atoms with Crippen LogP contribution in [-0.4, -0.2) is 18.3 Å². The van der Waals surface area contributed by atoms with Gasteiger partial charge in [-0.15, -0.1) is 0 Å². The van der Waals surface area contributed by atoms with Crippen molar-refractivity contribution in [2.45, 2.75) is 44.6 Å². The smallest absolute Gasteiger partial charge is 0.127 e. The van der Waals surface area contributed by atoms with Crippen LogP contribution in [0.15, 0.2) is 18.2 Å². The van der Waals surface area contributed by atoms with E-state index in [4.69, 9.17) is 10.5 Å². The van der Waals surface area contributed by atoms with E-state index >= 15 is 0 Å². The molecule has 3 N–H and O–H groups in total. The molecule has 1 aliphatic carbocycles. The van der Waals surface area contributed by atoms with Gasteiger partial charge < -0.3 is 15.6 Å². The van der Waals surface area contributed by atoms with E-state index in [9.17, 15) is 9.50 Å². The fraction of sp³-hybridized carbons (Fsp3) is 0.625. The Morgan fingerprint density at radius 1 is 1.25 bits per heavy atom. The van der Waals surface area contributed by atoms with Crippen molar-refractivity contribution in [1.82, 2.24) is 0 Å². The lowest BCUT2D eigenvalue weighted by molar-refractivity contribution is 0.168. The minimum Gasteiger partial charge on any atom is -0.493 e. The Morgan fingerprint density at radius 3 is 2.70 bits per heavy atom. The molecule has 1 unspecified atom stereocenters. The SMILES string of the molecule is NCCC(O)c1cc(F)cc(OCC2CCCCC2)c1. The van der Waals surface area contributed by atoms with Crippen LogP contribution in [0, 0.1) is 11.7 Å². The highest BCUT2D eigenvalue weighted by Crippen LogP contribution is 2.27. The van der Waals surface area contributed by atoms with Gasteiger partial charge in [-0.3, -0.25) is 0 Å². The summed E-state index contributed by atoms with van der Waals surface area (Å²) in [7, 11) is 0. The topological polar surface area (TPSA) is 55.5 Å². The van der Waals surface area contributed by atoms with Gasteiger partial charge in [-0.2, -0.15) is 0 Å². The maximum atomic E-state index is 13.6. The number of aliphatic hydroxyl groups is 1. The number of hydrogen-bond donors (Lipinski definition) is 2. The van der Waals surface area contributed by atoms with Crippen LogP contribution >= 0.6 is 0 Å². The lowest BCUT2D eigenvalue weighted by Gasteiger charge is -2.22. The number of nitrogens with two attached hydrogens (primary N) is 1. The van der Waals surface area contributed by atoms with Crippen LogP contribution in [0.1, 0.15) is 50.2 Å². The first kappa shape index (κ1) is 15.3. The van der Waals surface area contributed by atoms with E-state index in [0.29, 0.717) is 36.8 Å². The second-order valence-electron chi connectivity index (χ2n) is 5.63. The number of aliphatic hydroxyl groups excluding tert-OH is 1. The largest absolute Gasteiger partial charge is 0.493 e. The molecule has 1 atom stereocenters. The first-order chi connectivity index (χ1) is 9.69. The molecule has 0 aromatic heterocycles. The highest BCUT2D eigenvalue weighted by atomic mass is 19.1. The molecule has 0 heterocycles. The average molecular weight is 281 g/mol. The van der Waals surface area contributed by atoms with Gasteiger partial charge in [0.25, 0.3) is 0 Å². The highest BCUT2D eigenvalue weighted by molar-refractivity contribution is 5.31. The molecule has 1 aromatic carbocycles. The third kappa shape index (κ3) is 4.46. The number of rotatable bonds is 6. The molecule has 0 spiro atoms. The normalized spacial score (nSPS) is 17.9. The first-order valence-electron chi connectivity index (χ1n) is 7.50. The summed E-state index contributed by atoms with van der Waals surface area (Å²) in [6.45, 7) is 1.01. The van der Waals surface area contributed by atoms with Crippen molar-refractivity contribution in [3.63, 3.8) is 0 Å². The molecule has 1 fully saturated rings. The molecule has 2 rings (SSSR count). The van der Waals surface area contributed by atoms with Crippen LogP contribution in [0.2, 0.25) is 0 Å². The molecule has 0 saturated heterocycles. The van der Waals surface area contributed by atoms with E-state index in [2.05, 4.69) is 0 Å². The van der Waals surface area contributed by atoms with Crippen molar-refractivity contribution in [2.24, 2.45) is 11.7 Å². The minimum atomic E-state index is -0.729. The van der Waals surface area contributed by atoms with Crippen LogP contribution < -0.4 is 10.5 Å². The van der Waals surface area contributed by atoms with Crippen molar-refractivity contribution in [3.05, 3.63) is 29.6 Å². The fourth-order valence-corrected chi connectivity index (χ4v) is 2.75. The monoisotopic (exact) mass is 281 g/mol. The Morgan fingerprint density at radius 2 is 2.00 bits per heavy atom. The zero-order chi connectivity index (χ0) is 14.4. The first-order valence-corrected chi connectivity index (χ1v) is 7.50. The van der Waals surface area contributed by atoms with E-state index in [1.54, 1.807) is 6.07 Å². The minimum absolute atomic E-state index is 0.371. The molecular formula is C16H24FNO2. The van der Waals surface area contributed by atoms with Crippen molar-refractivity contribution in [3.8, 4) is 5.75 Å². The fourth-order valence-electron chi connectivity index (χ4n) is 2.75. The molecule has 0 aliphatic heterocycles. The second-order valence-corrected chi connectivity index (χ2v) is 5.63. The van der Waals surface area contributed by atoms with E-state index in [1.165, 1.54) is 44.2 Å². The Bertz CT molecular complexity index is 419. The van der Waals surface area contributed by atoms with Crippen molar-refractivity contribution >= 4 is 0 Å². The maximum Gasteiger partial charge on any atom is 0.127 e. The van der Waals surface area contributed by atoms with Gasteiger partial charge in [0.1, 0.15) is 11.6 Å². The Kier molecular flexibility index (Phi) is 5.80. The summed E-state index contributed by atoms with van der Waals surface area (Å²) in [6.07, 6.45) is 5.91. The van der Waals surface area contributed by atoms with Gasteiger partial charge in [0.15, 0.2) is 0 Å². The summed E-state index contributed by atoms with van der Waals surface area (Å²) < 4.78 is 19.3. The molecule has 0 bridgehead atoms. The zero-order valence-corrected chi connectivity index (χ0v) is 11.9. The molecule has 20 heavy (non-hydrogen) atoms. The molecule has 3 nitrogen and oxygen atoms in total. The zero-order valence-electron chi connectivity index (χ0n) is 11.9. The van der Waals surface area contributed by atoms with Gasteiger partial charge in [-0.1, -0.05) is 19.3 Å². The highest BCUT2D eigenvalue weighted by Gasteiger charge is 2.15. The standard InChI is InChI=1S/C16H24FNO2/c17-14-8-13(16(19)6-7-18)9-15(10-14)20-11-12-4-2-1-3-5-12/h8-10,12,16,19H,1-7,11,18H2. The van der Waals surface area contributed by atoms with E-state index in [1.807, 2.05) is 0 Å². The van der Waals surface area contributed by atoms with Crippen LogP contribution in [0.25, 0.3) is 0 Å². The Balaban J connectivity index is 1.96. The summed E-state index contributed by atoms with van der Waals surface area (Å²) in [6, 6.07) is 4.43. The predicted octanol–water partition coefficient (Wildman–Crippen LogP) is 3.17. The third-order valence-electron chi connectivity index (χ3n) is 3.93. The third-order valence-corrected chi connectivity index (χ3v) is 3.93. The van der Waals surface area contributed by atoms with Gasteiger partial charge in [0, 0.05) is 6.07 Å². The maximum absolute atomic E-state index is 13.6. The average Bonchev–Trinajstić information content (AvgIpc) is 2.46. The summed E-state index contributed by atoms with van der Waals surface area (Å²) in [5.74, 6) is 0.697. The second kappa shape index (κ2) is 7.60. The van der Waals surface area contributed by atoms with Crippen LogP contribution in [-0.2, 0) is 0 Å². The van der Waals surface area contributed by atoms with Crippen molar-refractivity contribution in [1.29, 1.82) is 0 Å². The number of hydrogen-bond acceptors (Lipinski definition) is 3. The number of benzene rings is 1. The molecule has 1 aromatic rings. The summed E-state index contributed by atoms with van der Waals surface area (Å²) >= 11 is 0. The number of halogens is 1. The Hall–Kier alpha value is -1.13. The lowest BCUT2D eigenvalue weighted by atomic mass is 9.90. The van der Waals surface area contributed by atoms with Crippen LogP contribution in [0.3, 0.4) is 0 Å². The van der Waals surface area contributed by atoms with Crippen LogP contribution in [0.5, 0.6) is 5.75 Å². The van der Waals surface area contributed by atoms with Crippen molar-refractivity contribution in [2.75, 3.05) is 13.2 Å². The summed E-state index contributed by atoms with van der Waals surface area (Å²) in [5.41, 5.74) is 5.95. The van der Waals surface area contributed by atoms with Crippen LogP contribution in [0.4, 0.5) is 4.39 Å². The summed E-state index contributed by atoms with van der Waals surface area (Å²) in [4.78, 5) is 0. The number of ether oxygens (including phenoxy) is 1. The van der Waals surface area contributed by atoms with E-state index < -0.39 is 6.10 Å². The molecule has 0 radical (unpaired) electrons. The van der Waals surface area contributed by atoms with E-state index in [0.717, 1.165) is 0 Å². The molecule has 1 aliphatic rings. The van der Waals surface area contributed by atoms with Gasteiger partial charge in [0.05, 0.1) is 12.7 Å². The molecule has 4 heteroatoms. The van der Waals surface area contributed by atoms with Gasteiger partial charge in [-0.25, -0.2) is 4.39 Å². The Labute approximate surface area is 119 Å². The predicted molar refractivity (Wildman–Crippen MR) is 77.1 cm³/mol. The lowest BCUT2D eigenvalue weighted by Crippen LogP contribution is -2.15. The van der Waals surface area contributed by atoms with Gasteiger partial charge in [-0.05, 0) is 49.4 Å². The van der Waals surface area contributed by atoms with Gasteiger partial charge in [0.2, 0.25) is 0 Å². The quantitative estimate of drug-likeness (QED) is 0.842. The van der Waals surface area contributed by atoms with E-state index in [-0.39, 0.29) is 5.82 Å². The van der Waals surface area contributed by atoms with Crippen molar-refractivity contribution < 1.29 is 14.2 Å².